The van der Waals surface area contributed by atoms with Gasteiger partial charge in [0.15, 0.2) is 0 Å². The number of hydrogen-bond acceptors (Lipinski definition) is 3. The SMILES string of the molecule is N#CC1(C(N)c2ccc3c(c2)CC(=O)N3)CCC1. The van der Waals surface area contributed by atoms with E-state index in [0.29, 0.717) is 6.42 Å². The van der Waals surface area contributed by atoms with Crippen molar-refractivity contribution in [2.75, 3.05) is 5.32 Å². The molecule has 1 amide bonds. The van der Waals surface area contributed by atoms with Gasteiger partial charge in [-0.15, -0.1) is 0 Å². The molecule has 0 aromatic heterocycles. The Hall–Kier alpha value is -1.86. The number of benzene rings is 1. The predicted octanol–water partition coefficient (Wildman–Crippen LogP) is 1.87. The molecule has 1 aromatic carbocycles. The molecule has 1 atom stereocenters. The molecule has 1 aromatic rings. The van der Waals surface area contributed by atoms with E-state index in [-0.39, 0.29) is 11.9 Å². The first-order valence-electron chi connectivity index (χ1n) is 6.24. The Bertz CT molecular complexity index is 555. The highest BCUT2D eigenvalue weighted by atomic mass is 16.1. The van der Waals surface area contributed by atoms with Crippen LogP contribution in [0.25, 0.3) is 0 Å². The van der Waals surface area contributed by atoms with Crippen molar-refractivity contribution >= 4 is 11.6 Å². The lowest BCUT2D eigenvalue weighted by atomic mass is 9.63. The van der Waals surface area contributed by atoms with Crippen LogP contribution >= 0.6 is 0 Å². The summed E-state index contributed by atoms with van der Waals surface area (Å²) in [6, 6.07) is 7.91. The van der Waals surface area contributed by atoms with Gasteiger partial charge in [-0.1, -0.05) is 18.6 Å². The number of nitrogens with zero attached hydrogens (tertiary/aromatic N) is 1. The molecule has 1 aliphatic heterocycles. The molecule has 3 N–H and O–H groups in total. The van der Waals surface area contributed by atoms with Gasteiger partial charge in [0, 0.05) is 11.7 Å². The normalized spacial score (nSPS) is 21.4. The minimum Gasteiger partial charge on any atom is -0.326 e. The van der Waals surface area contributed by atoms with Crippen LogP contribution in [0.5, 0.6) is 0 Å². The number of anilines is 1. The highest BCUT2D eigenvalue weighted by Crippen LogP contribution is 2.48. The van der Waals surface area contributed by atoms with Crippen LogP contribution in [0.3, 0.4) is 0 Å². The molecule has 3 rings (SSSR count). The lowest BCUT2D eigenvalue weighted by molar-refractivity contribution is -0.115. The van der Waals surface area contributed by atoms with Gasteiger partial charge in [-0.25, -0.2) is 0 Å². The zero-order valence-corrected chi connectivity index (χ0v) is 10.1. The molecule has 4 nitrogen and oxygen atoms in total. The van der Waals surface area contributed by atoms with Gasteiger partial charge in [0.1, 0.15) is 0 Å². The Morgan fingerprint density at radius 2 is 2.22 bits per heavy atom. The van der Waals surface area contributed by atoms with Gasteiger partial charge in [-0.2, -0.15) is 5.26 Å². The van der Waals surface area contributed by atoms with Crippen LogP contribution in [0.2, 0.25) is 0 Å². The summed E-state index contributed by atoms with van der Waals surface area (Å²) >= 11 is 0. The summed E-state index contributed by atoms with van der Waals surface area (Å²) in [7, 11) is 0. The molecule has 2 aliphatic rings. The molecular formula is C14H15N3O. The average Bonchev–Trinajstić information content (AvgIpc) is 2.67. The Balaban J connectivity index is 1.92. The van der Waals surface area contributed by atoms with Crippen molar-refractivity contribution < 1.29 is 4.79 Å². The second-order valence-corrected chi connectivity index (χ2v) is 5.24. The van der Waals surface area contributed by atoms with Crippen LogP contribution in [-0.4, -0.2) is 5.91 Å². The smallest absolute Gasteiger partial charge is 0.228 e. The second kappa shape index (κ2) is 3.82. The first-order chi connectivity index (χ1) is 8.64. The van der Waals surface area contributed by atoms with Gasteiger partial charge in [-0.3, -0.25) is 4.79 Å². The Labute approximate surface area is 106 Å². The molecule has 4 heteroatoms. The molecule has 0 saturated heterocycles. The lowest BCUT2D eigenvalue weighted by Crippen LogP contribution is -2.39. The molecular weight excluding hydrogens is 226 g/mol. The van der Waals surface area contributed by atoms with Gasteiger partial charge in [0.25, 0.3) is 0 Å². The van der Waals surface area contributed by atoms with Crippen molar-refractivity contribution in [1.29, 1.82) is 5.26 Å². The largest absolute Gasteiger partial charge is 0.326 e. The summed E-state index contributed by atoms with van der Waals surface area (Å²) in [4.78, 5) is 11.3. The predicted molar refractivity (Wildman–Crippen MR) is 67.6 cm³/mol. The number of carbonyl (C=O) groups is 1. The molecule has 92 valence electrons. The minimum absolute atomic E-state index is 0.0226. The highest BCUT2D eigenvalue weighted by molar-refractivity contribution is 5.99. The Morgan fingerprint density at radius 3 is 2.83 bits per heavy atom. The molecule has 1 aliphatic carbocycles. The zero-order valence-electron chi connectivity index (χ0n) is 10.1. The molecule has 1 unspecified atom stereocenters. The number of nitriles is 1. The van der Waals surface area contributed by atoms with E-state index in [1.54, 1.807) is 0 Å². The lowest BCUT2D eigenvalue weighted by Gasteiger charge is -2.40. The quantitative estimate of drug-likeness (QED) is 0.829. The number of nitrogens with one attached hydrogen (secondary N) is 1. The third kappa shape index (κ3) is 1.52. The van der Waals surface area contributed by atoms with Gasteiger partial charge < -0.3 is 11.1 Å². The number of nitrogens with two attached hydrogens (primary N) is 1. The summed E-state index contributed by atoms with van der Waals surface area (Å²) in [6.07, 6.45) is 3.24. The number of hydrogen-bond donors (Lipinski definition) is 2. The number of amides is 1. The minimum atomic E-state index is -0.399. The van der Waals surface area contributed by atoms with Crippen LogP contribution in [0.1, 0.15) is 36.4 Å². The van der Waals surface area contributed by atoms with Crippen molar-refractivity contribution in [2.24, 2.45) is 11.1 Å². The monoisotopic (exact) mass is 241 g/mol. The first kappa shape index (κ1) is 11.2. The van der Waals surface area contributed by atoms with Crippen LogP contribution < -0.4 is 11.1 Å². The molecule has 18 heavy (non-hydrogen) atoms. The fourth-order valence-electron chi connectivity index (χ4n) is 2.81. The summed E-state index contributed by atoms with van der Waals surface area (Å²) in [5, 5.41) is 12.1. The highest BCUT2D eigenvalue weighted by Gasteiger charge is 2.43. The third-order valence-electron chi connectivity index (χ3n) is 4.18. The second-order valence-electron chi connectivity index (χ2n) is 5.24. The van der Waals surface area contributed by atoms with Gasteiger partial charge in [0.05, 0.1) is 17.9 Å². The van der Waals surface area contributed by atoms with E-state index in [4.69, 9.17) is 5.73 Å². The third-order valence-corrected chi connectivity index (χ3v) is 4.18. The molecule has 0 spiro atoms. The van der Waals surface area contributed by atoms with E-state index >= 15 is 0 Å². The van der Waals surface area contributed by atoms with E-state index in [2.05, 4.69) is 11.4 Å². The number of carbonyl (C=O) groups excluding carboxylic acids is 1. The molecule has 1 fully saturated rings. The Morgan fingerprint density at radius 1 is 1.44 bits per heavy atom. The van der Waals surface area contributed by atoms with Crippen LogP contribution in [0.15, 0.2) is 18.2 Å². The van der Waals surface area contributed by atoms with Crippen molar-refractivity contribution in [3.8, 4) is 6.07 Å². The van der Waals surface area contributed by atoms with Crippen LogP contribution in [0.4, 0.5) is 5.69 Å². The molecule has 0 radical (unpaired) electrons. The summed E-state index contributed by atoms with van der Waals surface area (Å²) in [5.74, 6) is 0.0226. The van der Waals surface area contributed by atoms with E-state index in [0.717, 1.165) is 36.1 Å². The van der Waals surface area contributed by atoms with E-state index in [9.17, 15) is 10.1 Å². The van der Waals surface area contributed by atoms with Gasteiger partial charge in [0.2, 0.25) is 5.91 Å². The molecule has 1 heterocycles. The first-order valence-corrected chi connectivity index (χ1v) is 6.24. The van der Waals surface area contributed by atoms with E-state index < -0.39 is 5.41 Å². The van der Waals surface area contributed by atoms with Crippen molar-refractivity contribution in [1.82, 2.24) is 0 Å². The van der Waals surface area contributed by atoms with Crippen LogP contribution in [0, 0.1) is 16.7 Å². The van der Waals surface area contributed by atoms with Gasteiger partial charge >= 0.3 is 0 Å². The zero-order chi connectivity index (χ0) is 12.8. The van der Waals surface area contributed by atoms with Crippen molar-refractivity contribution in [2.45, 2.75) is 31.7 Å². The van der Waals surface area contributed by atoms with Crippen LogP contribution in [-0.2, 0) is 11.2 Å². The summed E-state index contributed by atoms with van der Waals surface area (Å²) < 4.78 is 0. The number of fused-ring (bicyclic) bond motifs is 1. The maximum Gasteiger partial charge on any atom is 0.228 e. The molecule has 0 bridgehead atoms. The number of rotatable bonds is 2. The van der Waals surface area contributed by atoms with Gasteiger partial charge in [-0.05, 0) is 30.0 Å². The fraction of sp³-hybridized carbons (Fsp3) is 0.429. The van der Waals surface area contributed by atoms with Crippen molar-refractivity contribution in [3.05, 3.63) is 29.3 Å². The maximum atomic E-state index is 11.3. The molecule has 1 saturated carbocycles. The van der Waals surface area contributed by atoms with E-state index in [1.807, 2.05) is 18.2 Å². The summed E-state index contributed by atoms with van der Waals surface area (Å²) in [6.45, 7) is 0. The Kier molecular flexibility index (Phi) is 2.39. The standard InChI is InChI=1S/C14H15N3O/c15-8-14(4-1-5-14)13(16)9-2-3-11-10(6-9)7-12(18)17-11/h2-3,6,13H,1,4-5,7,16H2,(H,17,18). The summed E-state index contributed by atoms with van der Waals surface area (Å²) in [5.41, 5.74) is 8.67. The fourth-order valence-corrected chi connectivity index (χ4v) is 2.81. The average molecular weight is 241 g/mol. The van der Waals surface area contributed by atoms with Crippen molar-refractivity contribution in [3.63, 3.8) is 0 Å². The van der Waals surface area contributed by atoms with E-state index in [1.165, 1.54) is 0 Å². The topological polar surface area (TPSA) is 78.9 Å². The maximum absolute atomic E-state index is 11.3.